The minimum atomic E-state index is 0.333. The second-order valence-electron chi connectivity index (χ2n) is 10.6. The summed E-state index contributed by atoms with van der Waals surface area (Å²) in [7, 11) is 0. The lowest BCUT2D eigenvalue weighted by Gasteiger charge is -2.09. The molecule has 0 bridgehead atoms. The minimum absolute atomic E-state index is 0.333. The number of nitrogens with zero attached hydrogens (tertiary/aromatic N) is 6. The molecule has 0 saturated carbocycles. The van der Waals surface area contributed by atoms with E-state index in [1.54, 1.807) is 6.20 Å². The van der Waals surface area contributed by atoms with Crippen LogP contribution in [0.2, 0.25) is 0 Å². The molecule has 0 radical (unpaired) electrons. The van der Waals surface area contributed by atoms with Crippen LogP contribution < -0.4 is 5.73 Å². The first-order chi connectivity index (χ1) is 21.8. The van der Waals surface area contributed by atoms with Gasteiger partial charge >= 0.3 is 0 Å². The first kappa shape index (κ1) is 25.6. The SMILES string of the molecule is NC(=N/C(=N\Cn1c2ccccc2c2c1cnc1c3ccccc3n(-c3cccnc3)c12)c1ccccc1)c1ccccc1. The normalized spacial score (nSPS) is 12.5. The molecule has 4 aromatic carbocycles. The van der Waals surface area contributed by atoms with E-state index in [2.05, 4.69) is 68.7 Å². The molecule has 0 fully saturated rings. The topological polar surface area (TPSA) is 86.4 Å². The molecule has 4 heterocycles. The van der Waals surface area contributed by atoms with Gasteiger partial charge in [-0.25, -0.2) is 9.98 Å². The highest BCUT2D eigenvalue weighted by Crippen LogP contribution is 2.39. The number of para-hydroxylation sites is 2. The maximum Gasteiger partial charge on any atom is 0.158 e. The largest absolute Gasteiger partial charge is 0.383 e. The number of hydrogen-bond acceptors (Lipinski definition) is 3. The van der Waals surface area contributed by atoms with E-state index in [9.17, 15) is 0 Å². The average molecular weight is 570 g/mol. The summed E-state index contributed by atoms with van der Waals surface area (Å²) < 4.78 is 4.48. The fourth-order valence-corrected chi connectivity index (χ4v) is 6.03. The van der Waals surface area contributed by atoms with Crippen LogP contribution in [-0.2, 0) is 6.67 Å². The fourth-order valence-electron chi connectivity index (χ4n) is 6.03. The van der Waals surface area contributed by atoms with Gasteiger partial charge in [0.05, 0.1) is 45.7 Å². The van der Waals surface area contributed by atoms with Crippen molar-refractivity contribution in [3.05, 3.63) is 151 Å². The first-order valence-corrected chi connectivity index (χ1v) is 14.5. The van der Waals surface area contributed by atoms with Gasteiger partial charge in [-0.2, -0.15) is 0 Å². The van der Waals surface area contributed by atoms with Crippen LogP contribution in [0.4, 0.5) is 0 Å². The summed E-state index contributed by atoms with van der Waals surface area (Å²) in [5.41, 5.74) is 14.3. The summed E-state index contributed by atoms with van der Waals surface area (Å²) in [5, 5.41) is 3.35. The van der Waals surface area contributed by atoms with Crippen LogP contribution in [0.1, 0.15) is 11.1 Å². The predicted molar refractivity (Wildman–Crippen MR) is 180 cm³/mol. The zero-order valence-corrected chi connectivity index (χ0v) is 23.7. The van der Waals surface area contributed by atoms with Crippen LogP contribution in [0.5, 0.6) is 0 Å². The molecule has 0 atom stereocenters. The Balaban J connectivity index is 1.38. The zero-order valence-electron chi connectivity index (χ0n) is 23.7. The smallest absolute Gasteiger partial charge is 0.158 e. The van der Waals surface area contributed by atoms with Crippen LogP contribution in [-0.4, -0.2) is 30.8 Å². The second kappa shape index (κ2) is 10.6. The van der Waals surface area contributed by atoms with Crippen molar-refractivity contribution in [2.45, 2.75) is 6.67 Å². The summed E-state index contributed by atoms with van der Waals surface area (Å²) in [5.74, 6) is 0.983. The number of aromatic nitrogens is 4. The van der Waals surface area contributed by atoms with Crippen molar-refractivity contribution in [3.63, 3.8) is 0 Å². The van der Waals surface area contributed by atoms with Gasteiger partial charge < -0.3 is 14.9 Å². The lowest BCUT2D eigenvalue weighted by molar-refractivity contribution is 0.790. The Labute approximate surface area is 253 Å². The molecule has 8 rings (SSSR count). The fraction of sp³-hybridized carbons (Fsp3) is 0.0270. The van der Waals surface area contributed by atoms with Crippen molar-refractivity contribution in [2.24, 2.45) is 15.7 Å². The lowest BCUT2D eigenvalue weighted by atomic mass is 10.1. The molecule has 0 amide bonds. The standard InChI is InChI=1S/C37H27N7/c38-36(25-12-3-1-4-13-25)42-37(26-14-5-2-6-15-26)41-24-43-30-19-9-7-17-28(30)33-32(43)23-40-34-29-18-8-10-20-31(29)44(35(33)34)27-16-11-21-39-22-27/h1-23H,24H2,(H2,38,41,42). The summed E-state index contributed by atoms with van der Waals surface area (Å²) >= 11 is 0. The molecule has 44 heavy (non-hydrogen) atoms. The van der Waals surface area contributed by atoms with E-state index in [1.807, 2.05) is 79.1 Å². The van der Waals surface area contributed by atoms with Crippen molar-refractivity contribution in [1.82, 2.24) is 19.1 Å². The van der Waals surface area contributed by atoms with E-state index < -0.39 is 0 Å². The quantitative estimate of drug-likeness (QED) is 0.172. The van der Waals surface area contributed by atoms with Crippen molar-refractivity contribution < 1.29 is 0 Å². The monoisotopic (exact) mass is 569 g/mol. The molecule has 7 heteroatoms. The van der Waals surface area contributed by atoms with Crippen LogP contribution in [0.3, 0.4) is 0 Å². The van der Waals surface area contributed by atoms with Gasteiger partial charge in [-0.3, -0.25) is 9.97 Å². The average Bonchev–Trinajstić information content (AvgIpc) is 3.60. The third-order valence-corrected chi connectivity index (χ3v) is 8.01. The number of benzene rings is 4. The molecule has 0 unspecified atom stereocenters. The maximum absolute atomic E-state index is 6.48. The Bertz CT molecular complexity index is 2350. The molecular formula is C37H27N7. The van der Waals surface area contributed by atoms with Gasteiger partial charge in [0.25, 0.3) is 0 Å². The Kier molecular flexibility index (Phi) is 6.19. The zero-order chi connectivity index (χ0) is 29.5. The Hall–Kier alpha value is -6.08. The molecule has 210 valence electrons. The number of rotatable bonds is 5. The van der Waals surface area contributed by atoms with Gasteiger partial charge in [0, 0.05) is 33.5 Å². The first-order valence-electron chi connectivity index (χ1n) is 14.5. The van der Waals surface area contributed by atoms with Crippen LogP contribution in [0.25, 0.3) is 49.4 Å². The number of aliphatic imine (C=N–C) groups is 2. The van der Waals surface area contributed by atoms with Gasteiger partial charge in [0.2, 0.25) is 0 Å². The van der Waals surface area contributed by atoms with E-state index in [-0.39, 0.29) is 0 Å². The third-order valence-electron chi connectivity index (χ3n) is 8.01. The third kappa shape index (κ3) is 4.22. The van der Waals surface area contributed by atoms with E-state index in [0.29, 0.717) is 18.3 Å². The number of hydrogen-bond donors (Lipinski definition) is 1. The summed E-state index contributed by atoms with van der Waals surface area (Å²) in [6, 6.07) is 40.6. The summed E-state index contributed by atoms with van der Waals surface area (Å²) in [6.45, 7) is 0.333. The molecule has 8 aromatic rings. The highest BCUT2D eigenvalue weighted by molar-refractivity contribution is 6.24. The molecule has 0 spiro atoms. The molecule has 0 aliphatic heterocycles. The second-order valence-corrected chi connectivity index (χ2v) is 10.6. The Morgan fingerprint density at radius 2 is 1.34 bits per heavy atom. The number of pyridine rings is 2. The Morgan fingerprint density at radius 3 is 2.09 bits per heavy atom. The van der Waals surface area contributed by atoms with Crippen LogP contribution in [0, 0.1) is 0 Å². The summed E-state index contributed by atoms with van der Waals surface area (Å²) in [6.07, 6.45) is 5.67. The van der Waals surface area contributed by atoms with Crippen LogP contribution in [0.15, 0.2) is 150 Å². The number of fused-ring (bicyclic) bond motifs is 7. The van der Waals surface area contributed by atoms with Gasteiger partial charge in [0.15, 0.2) is 5.84 Å². The molecule has 0 aliphatic carbocycles. The molecule has 0 aliphatic rings. The minimum Gasteiger partial charge on any atom is -0.383 e. The van der Waals surface area contributed by atoms with Gasteiger partial charge in [-0.15, -0.1) is 0 Å². The maximum atomic E-state index is 6.48. The van der Waals surface area contributed by atoms with Crippen molar-refractivity contribution >= 4 is 55.4 Å². The number of amidine groups is 2. The molecule has 4 aromatic heterocycles. The lowest BCUT2D eigenvalue weighted by Crippen LogP contribution is -2.16. The van der Waals surface area contributed by atoms with Gasteiger partial charge in [-0.1, -0.05) is 97.1 Å². The Morgan fingerprint density at radius 1 is 0.659 bits per heavy atom. The van der Waals surface area contributed by atoms with E-state index in [1.165, 1.54) is 0 Å². The van der Waals surface area contributed by atoms with Crippen LogP contribution >= 0.6 is 0 Å². The molecule has 0 saturated heterocycles. The van der Waals surface area contributed by atoms with Gasteiger partial charge in [-0.05, 0) is 24.3 Å². The van der Waals surface area contributed by atoms with Crippen molar-refractivity contribution in [2.75, 3.05) is 0 Å². The van der Waals surface area contributed by atoms with Crippen molar-refractivity contribution in [3.8, 4) is 5.69 Å². The highest BCUT2D eigenvalue weighted by atomic mass is 15.1. The molecule has 2 N–H and O–H groups in total. The number of nitrogens with two attached hydrogens (primary N) is 1. The summed E-state index contributed by atoms with van der Waals surface area (Å²) in [4.78, 5) is 19.4. The van der Waals surface area contributed by atoms with Gasteiger partial charge in [0.1, 0.15) is 12.5 Å². The van der Waals surface area contributed by atoms with Crippen molar-refractivity contribution in [1.29, 1.82) is 0 Å². The van der Waals surface area contributed by atoms with E-state index >= 15 is 0 Å². The van der Waals surface area contributed by atoms with E-state index in [0.717, 1.165) is 60.6 Å². The molecular weight excluding hydrogens is 542 g/mol. The predicted octanol–water partition coefficient (Wildman–Crippen LogP) is 7.49. The highest BCUT2D eigenvalue weighted by Gasteiger charge is 2.21. The van der Waals surface area contributed by atoms with E-state index in [4.69, 9.17) is 20.7 Å². The molecule has 7 nitrogen and oxygen atoms in total.